The number of aliphatic carboxylic acids is 1. The summed E-state index contributed by atoms with van der Waals surface area (Å²) in [6.45, 7) is 4.29. The molecular weight excluding hydrogens is 236 g/mol. The van der Waals surface area contributed by atoms with Gasteiger partial charge in [0.2, 0.25) is 0 Å². The van der Waals surface area contributed by atoms with Crippen LogP contribution in [0.25, 0.3) is 0 Å². The van der Waals surface area contributed by atoms with Crippen LogP contribution in [0, 0.1) is 5.92 Å². The molecule has 0 radical (unpaired) electrons. The molecule has 1 aromatic rings. The van der Waals surface area contributed by atoms with Crippen molar-refractivity contribution in [3.8, 4) is 0 Å². The topological polar surface area (TPSA) is 54.4 Å². The lowest BCUT2D eigenvalue weighted by atomic mass is 10.1. The average Bonchev–Trinajstić information content (AvgIpc) is 2.64. The lowest BCUT2D eigenvalue weighted by Gasteiger charge is -2.00. The van der Waals surface area contributed by atoms with Crippen LogP contribution >= 0.6 is 11.3 Å². The number of rotatable bonds is 7. The Morgan fingerprint density at radius 3 is 2.59 bits per heavy atom. The van der Waals surface area contributed by atoms with Crippen LogP contribution in [0.15, 0.2) is 12.1 Å². The van der Waals surface area contributed by atoms with E-state index in [1.165, 1.54) is 16.2 Å². The molecule has 1 N–H and O–H groups in total. The Labute approximate surface area is 105 Å². The highest BCUT2D eigenvalue weighted by Gasteiger charge is 2.10. The number of ketones is 1. The Bertz CT molecular complexity index is 393. The quantitative estimate of drug-likeness (QED) is 0.759. The first-order valence-corrected chi connectivity index (χ1v) is 6.64. The van der Waals surface area contributed by atoms with Gasteiger partial charge in [0.15, 0.2) is 5.78 Å². The molecule has 0 aliphatic rings. The maximum Gasteiger partial charge on any atom is 0.303 e. The third kappa shape index (κ3) is 5.13. The Morgan fingerprint density at radius 1 is 1.29 bits per heavy atom. The monoisotopic (exact) mass is 254 g/mol. The molecule has 1 rings (SSSR count). The smallest absolute Gasteiger partial charge is 0.303 e. The van der Waals surface area contributed by atoms with Gasteiger partial charge in [0, 0.05) is 17.7 Å². The van der Waals surface area contributed by atoms with Crippen LogP contribution in [0.1, 0.15) is 47.7 Å². The van der Waals surface area contributed by atoms with Crippen molar-refractivity contribution in [3.05, 3.63) is 21.9 Å². The molecule has 17 heavy (non-hydrogen) atoms. The second-order valence-electron chi connectivity index (χ2n) is 4.53. The minimum absolute atomic E-state index is 0.0613. The van der Waals surface area contributed by atoms with Gasteiger partial charge in [-0.2, -0.15) is 0 Å². The predicted octanol–water partition coefficient (Wildman–Crippen LogP) is 3.38. The highest BCUT2D eigenvalue weighted by atomic mass is 32.1. The molecule has 0 spiro atoms. The Morgan fingerprint density at radius 2 is 2.00 bits per heavy atom. The molecule has 0 aliphatic carbocycles. The van der Waals surface area contributed by atoms with Crippen molar-refractivity contribution in [2.24, 2.45) is 5.92 Å². The van der Waals surface area contributed by atoms with Crippen molar-refractivity contribution >= 4 is 23.1 Å². The second kappa shape index (κ2) is 6.55. The van der Waals surface area contributed by atoms with Gasteiger partial charge in [-0.15, -0.1) is 11.3 Å². The zero-order valence-corrected chi connectivity index (χ0v) is 11.0. The van der Waals surface area contributed by atoms with E-state index in [0.29, 0.717) is 18.8 Å². The fourth-order valence-electron chi connectivity index (χ4n) is 1.56. The molecule has 1 heterocycles. The zero-order valence-electron chi connectivity index (χ0n) is 10.2. The third-order valence-corrected chi connectivity index (χ3v) is 3.49. The number of carboxylic acid groups (broad SMARTS) is 1. The van der Waals surface area contributed by atoms with E-state index in [0.717, 1.165) is 11.3 Å². The van der Waals surface area contributed by atoms with Gasteiger partial charge in [-0.3, -0.25) is 9.59 Å². The van der Waals surface area contributed by atoms with Gasteiger partial charge in [0.05, 0.1) is 4.88 Å². The summed E-state index contributed by atoms with van der Waals surface area (Å²) in [4.78, 5) is 24.1. The minimum Gasteiger partial charge on any atom is -0.481 e. The summed E-state index contributed by atoms with van der Waals surface area (Å²) in [6.07, 6.45) is 1.81. The summed E-state index contributed by atoms with van der Waals surface area (Å²) < 4.78 is 0. The maximum absolute atomic E-state index is 11.7. The molecule has 3 nitrogen and oxygen atoms in total. The van der Waals surface area contributed by atoms with E-state index in [1.54, 1.807) is 0 Å². The van der Waals surface area contributed by atoms with Crippen molar-refractivity contribution in [2.45, 2.75) is 39.5 Å². The number of Topliss-reactive ketones (excluding diaryl/α,β-unsaturated/α-hetero) is 1. The van der Waals surface area contributed by atoms with Crippen molar-refractivity contribution in [2.75, 3.05) is 0 Å². The second-order valence-corrected chi connectivity index (χ2v) is 5.70. The molecule has 0 aromatic carbocycles. The molecule has 0 fully saturated rings. The molecule has 94 valence electrons. The van der Waals surface area contributed by atoms with Crippen molar-refractivity contribution in [1.82, 2.24) is 0 Å². The van der Waals surface area contributed by atoms with Crippen LogP contribution in [0.2, 0.25) is 0 Å². The molecule has 0 unspecified atom stereocenters. The normalized spacial score (nSPS) is 10.8. The highest BCUT2D eigenvalue weighted by molar-refractivity contribution is 7.14. The molecular formula is C13H18O3S. The molecule has 0 saturated heterocycles. The first kappa shape index (κ1) is 13.9. The number of hydrogen-bond acceptors (Lipinski definition) is 3. The number of hydrogen-bond donors (Lipinski definition) is 1. The molecule has 0 bridgehead atoms. The molecule has 0 atom stereocenters. The molecule has 0 aliphatic heterocycles. The third-order valence-electron chi connectivity index (χ3n) is 2.34. The molecule has 0 amide bonds. The summed E-state index contributed by atoms with van der Waals surface area (Å²) in [7, 11) is 0. The maximum atomic E-state index is 11.7. The standard InChI is InChI=1S/C13H18O3S/c1-9(2)8-10-6-7-12(17-10)11(14)4-3-5-13(15)16/h6-7,9H,3-5,8H2,1-2H3,(H,15,16). The summed E-state index contributed by atoms with van der Waals surface area (Å²) in [5.41, 5.74) is 0. The molecule has 4 heteroatoms. The van der Waals surface area contributed by atoms with Crippen LogP contribution in [0.3, 0.4) is 0 Å². The van der Waals surface area contributed by atoms with E-state index in [1.807, 2.05) is 12.1 Å². The number of carbonyl (C=O) groups excluding carboxylic acids is 1. The summed E-state index contributed by atoms with van der Waals surface area (Å²) in [5.74, 6) is -0.195. The van der Waals surface area contributed by atoms with Crippen molar-refractivity contribution < 1.29 is 14.7 Å². The van der Waals surface area contributed by atoms with Crippen molar-refractivity contribution in [1.29, 1.82) is 0 Å². The van der Waals surface area contributed by atoms with Crippen LogP contribution in [-0.2, 0) is 11.2 Å². The summed E-state index contributed by atoms with van der Waals surface area (Å²) in [6, 6.07) is 3.85. The van der Waals surface area contributed by atoms with Crippen LogP contribution in [0.4, 0.5) is 0 Å². The number of thiophene rings is 1. The lowest BCUT2D eigenvalue weighted by Crippen LogP contribution is -1.99. The lowest BCUT2D eigenvalue weighted by molar-refractivity contribution is -0.137. The van der Waals surface area contributed by atoms with Gasteiger partial charge in [0.25, 0.3) is 0 Å². The fourth-order valence-corrected chi connectivity index (χ4v) is 2.75. The van der Waals surface area contributed by atoms with E-state index in [9.17, 15) is 9.59 Å². The summed E-state index contributed by atoms with van der Waals surface area (Å²) >= 11 is 1.53. The fraction of sp³-hybridized carbons (Fsp3) is 0.538. The number of carboxylic acids is 1. The van der Waals surface area contributed by atoms with Gasteiger partial charge >= 0.3 is 5.97 Å². The largest absolute Gasteiger partial charge is 0.481 e. The van der Waals surface area contributed by atoms with Crippen LogP contribution in [-0.4, -0.2) is 16.9 Å². The van der Waals surface area contributed by atoms with E-state index in [4.69, 9.17) is 5.11 Å². The van der Waals surface area contributed by atoms with Crippen LogP contribution < -0.4 is 0 Å². The van der Waals surface area contributed by atoms with Crippen LogP contribution in [0.5, 0.6) is 0 Å². The predicted molar refractivity (Wildman–Crippen MR) is 68.7 cm³/mol. The van der Waals surface area contributed by atoms with Gasteiger partial charge in [-0.25, -0.2) is 0 Å². The van der Waals surface area contributed by atoms with E-state index < -0.39 is 5.97 Å². The number of carbonyl (C=O) groups is 2. The van der Waals surface area contributed by atoms with E-state index in [2.05, 4.69) is 13.8 Å². The van der Waals surface area contributed by atoms with E-state index in [-0.39, 0.29) is 12.2 Å². The minimum atomic E-state index is -0.843. The van der Waals surface area contributed by atoms with Gasteiger partial charge < -0.3 is 5.11 Å². The Hall–Kier alpha value is -1.16. The molecule has 1 aromatic heterocycles. The summed E-state index contributed by atoms with van der Waals surface area (Å²) in [5, 5.41) is 8.49. The zero-order chi connectivity index (χ0) is 12.8. The Kier molecular flexibility index (Phi) is 5.35. The van der Waals surface area contributed by atoms with E-state index >= 15 is 0 Å². The average molecular weight is 254 g/mol. The first-order chi connectivity index (χ1) is 7.99. The highest BCUT2D eigenvalue weighted by Crippen LogP contribution is 2.21. The van der Waals surface area contributed by atoms with Gasteiger partial charge in [-0.05, 0) is 30.9 Å². The Balaban J connectivity index is 2.46. The van der Waals surface area contributed by atoms with Gasteiger partial charge in [-0.1, -0.05) is 13.8 Å². The van der Waals surface area contributed by atoms with Gasteiger partial charge in [0.1, 0.15) is 0 Å². The first-order valence-electron chi connectivity index (χ1n) is 5.82. The van der Waals surface area contributed by atoms with Crippen molar-refractivity contribution in [3.63, 3.8) is 0 Å². The molecule has 0 saturated carbocycles. The SMILES string of the molecule is CC(C)Cc1ccc(C(=O)CCCC(=O)O)s1.